The molecule has 2 heterocycles. The van der Waals surface area contributed by atoms with E-state index in [2.05, 4.69) is 152 Å². The van der Waals surface area contributed by atoms with Crippen molar-refractivity contribution in [2.75, 3.05) is 0 Å². The highest BCUT2D eigenvalue weighted by molar-refractivity contribution is 6.08. The number of hydrogen-bond donors (Lipinski definition) is 1. The first-order valence-electron chi connectivity index (χ1n) is 21.1. The first kappa shape index (κ1) is 36.2. The van der Waals surface area contributed by atoms with Crippen molar-refractivity contribution in [3.63, 3.8) is 0 Å². The SMILES string of the molecule is CC1(O)c2ccccc2-c2c1c1c(c3ccccc23)OC(c2ccccc2)(c2ccc(Oc3ccc(C4(c5ccccc5)C=Cc5c(ccc6ccccc56)O4)cc3)cc2)C=C1. The Balaban J connectivity index is 0.889. The number of rotatable bonds is 6. The Morgan fingerprint density at radius 2 is 0.968 bits per heavy atom. The lowest BCUT2D eigenvalue weighted by Crippen LogP contribution is -2.35. The molecule has 3 aliphatic rings. The van der Waals surface area contributed by atoms with Gasteiger partial charge in [-0.05, 0) is 88.3 Å². The Labute approximate surface area is 360 Å². The summed E-state index contributed by atoms with van der Waals surface area (Å²) in [6.07, 6.45) is 8.66. The molecule has 0 saturated carbocycles. The average molecular weight is 801 g/mol. The molecule has 4 nitrogen and oxygen atoms in total. The molecule has 0 amide bonds. The zero-order valence-electron chi connectivity index (χ0n) is 34.0. The van der Waals surface area contributed by atoms with Crippen molar-refractivity contribution in [1.29, 1.82) is 0 Å². The summed E-state index contributed by atoms with van der Waals surface area (Å²) in [5.74, 6) is 3.01. The topological polar surface area (TPSA) is 47.9 Å². The minimum atomic E-state index is -1.19. The van der Waals surface area contributed by atoms with Gasteiger partial charge in [0.15, 0.2) is 11.2 Å². The highest BCUT2D eigenvalue weighted by Crippen LogP contribution is 2.57. The van der Waals surface area contributed by atoms with Gasteiger partial charge in [0.2, 0.25) is 0 Å². The lowest BCUT2D eigenvalue weighted by atomic mass is 9.80. The maximum absolute atomic E-state index is 12.2. The largest absolute Gasteiger partial charge is 0.473 e. The second-order valence-corrected chi connectivity index (χ2v) is 16.6. The van der Waals surface area contributed by atoms with Crippen molar-refractivity contribution in [3.8, 4) is 34.1 Å². The van der Waals surface area contributed by atoms with Crippen LogP contribution in [0.15, 0.2) is 206 Å². The van der Waals surface area contributed by atoms with Gasteiger partial charge in [0, 0.05) is 44.3 Å². The quantitative estimate of drug-likeness (QED) is 0.182. The highest BCUT2D eigenvalue weighted by atomic mass is 16.5. The number of aliphatic hydroxyl groups is 1. The van der Waals surface area contributed by atoms with Crippen LogP contribution in [0.3, 0.4) is 0 Å². The second kappa shape index (κ2) is 13.7. The van der Waals surface area contributed by atoms with Gasteiger partial charge >= 0.3 is 0 Å². The molecule has 4 heteroatoms. The van der Waals surface area contributed by atoms with Crippen molar-refractivity contribution in [2.45, 2.75) is 23.7 Å². The molecule has 296 valence electrons. The van der Waals surface area contributed by atoms with Crippen molar-refractivity contribution in [1.82, 2.24) is 0 Å². The molecule has 3 atom stereocenters. The van der Waals surface area contributed by atoms with Crippen LogP contribution < -0.4 is 14.2 Å². The molecule has 1 N–H and O–H groups in total. The second-order valence-electron chi connectivity index (χ2n) is 16.6. The van der Waals surface area contributed by atoms with Crippen LogP contribution in [0.2, 0.25) is 0 Å². The van der Waals surface area contributed by atoms with E-state index in [9.17, 15) is 5.11 Å². The maximum atomic E-state index is 12.2. The van der Waals surface area contributed by atoms with Crippen LogP contribution >= 0.6 is 0 Å². The zero-order valence-corrected chi connectivity index (χ0v) is 34.0. The zero-order chi connectivity index (χ0) is 41.5. The van der Waals surface area contributed by atoms with E-state index in [4.69, 9.17) is 14.2 Å². The third-order valence-corrected chi connectivity index (χ3v) is 13.1. The lowest BCUT2D eigenvalue weighted by molar-refractivity contribution is 0.105. The van der Waals surface area contributed by atoms with Crippen molar-refractivity contribution in [2.24, 2.45) is 0 Å². The van der Waals surface area contributed by atoms with Crippen LogP contribution in [0.1, 0.15) is 51.4 Å². The van der Waals surface area contributed by atoms with Crippen LogP contribution in [-0.2, 0) is 16.8 Å². The van der Waals surface area contributed by atoms with Gasteiger partial charge in [0.25, 0.3) is 0 Å². The summed E-state index contributed by atoms with van der Waals surface area (Å²) in [5.41, 5.74) is 6.90. The molecule has 0 aromatic heterocycles. The van der Waals surface area contributed by atoms with Crippen LogP contribution in [0.5, 0.6) is 23.0 Å². The van der Waals surface area contributed by atoms with Crippen molar-refractivity contribution in [3.05, 3.63) is 251 Å². The third-order valence-electron chi connectivity index (χ3n) is 13.1. The van der Waals surface area contributed by atoms with E-state index >= 15 is 0 Å². The molecule has 12 rings (SSSR count). The van der Waals surface area contributed by atoms with E-state index in [1.54, 1.807) is 0 Å². The summed E-state index contributed by atoms with van der Waals surface area (Å²) >= 11 is 0. The smallest absolute Gasteiger partial charge is 0.178 e. The Morgan fingerprint density at radius 1 is 0.452 bits per heavy atom. The molecule has 0 fully saturated rings. The third kappa shape index (κ3) is 5.37. The van der Waals surface area contributed by atoms with Crippen molar-refractivity contribution < 1.29 is 19.3 Å². The number of fused-ring (bicyclic) bond motifs is 11. The molecule has 0 spiro atoms. The van der Waals surface area contributed by atoms with Gasteiger partial charge in [-0.1, -0.05) is 170 Å². The first-order valence-corrected chi connectivity index (χ1v) is 21.1. The molecule has 0 bridgehead atoms. The minimum absolute atomic E-state index is 0.703. The highest BCUT2D eigenvalue weighted by Gasteiger charge is 2.45. The lowest BCUT2D eigenvalue weighted by Gasteiger charge is -2.38. The number of hydrogen-bond acceptors (Lipinski definition) is 4. The molecule has 2 aliphatic heterocycles. The fourth-order valence-electron chi connectivity index (χ4n) is 10.1. The normalized spacial score (nSPS) is 20.4. The fraction of sp³-hybridized carbons (Fsp3) is 0.0690. The van der Waals surface area contributed by atoms with Gasteiger partial charge < -0.3 is 19.3 Å². The van der Waals surface area contributed by atoms with Gasteiger partial charge in [-0.3, -0.25) is 0 Å². The van der Waals surface area contributed by atoms with Crippen LogP contribution in [0.4, 0.5) is 0 Å². The van der Waals surface area contributed by atoms with Crippen LogP contribution in [0, 0.1) is 0 Å². The number of benzene rings is 9. The van der Waals surface area contributed by atoms with Gasteiger partial charge in [-0.25, -0.2) is 0 Å². The molecule has 1 aliphatic carbocycles. The summed E-state index contributed by atoms with van der Waals surface area (Å²) in [4.78, 5) is 0. The van der Waals surface area contributed by atoms with Crippen molar-refractivity contribution >= 4 is 33.7 Å². The molecule has 3 unspecified atom stereocenters. The summed E-state index contributed by atoms with van der Waals surface area (Å²) < 4.78 is 20.9. The summed E-state index contributed by atoms with van der Waals surface area (Å²) in [6.45, 7) is 1.90. The Bertz CT molecular complexity index is 3280. The molecule has 9 aromatic carbocycles. The fourth-order valence-corrected chi connectivity index (χ4v) is 10.1. The summed E-state index contributed by atoms with van der Waals surface area (Å²) in [7, 11) is 0. The van der Waals surface area contributed by atoms with E-state index in [0.29, 0.717) is 11.5 Å². The van der Waals surface area contributed by atoms with E-state index in [1.807, 2.05) is 73.7 Å². The monoisotopic (exact) mass is 800 g/mol. The predicted octanol–water partition coefficient (Wildman–Crippen LogP) is 13.7. The van der Waals surface area contributed by atoms with Crippen LogP contribution in [-0.4, -0.2) is 5.11 Å². The van der Waals surface area contributed by atoms with Gasteiger partial charge in [-0.2, -0.15) is 0 Å². The van der Waals surface area contributed by atoms with E-state index in [1.165, 1.54) is 10.8 Å². The van der Waals surface area contributed by atoms with E-state index in [-0.39, 0.29) is 0 Å². The molecule has 0 saturated heterocycles. The van der Waals surface area contributed by atoms with Gasteiger partial charge in [0.1, 0.15) is 28.6 Å². The average Bonchev–Trinajstić information content (AvgIpc) is 3.58. The minimum Gasteiger partial charge on any atom is -0.473 e. The molecular weight excluding hydrogens is 761 g/mol. The molecule has 0 radical (unpaired) electrons. The maximum Gasteiger partial charge on any atom is 0.178 e. The molecule has 9 aromatic rings. The summed E-state index contributed by atoms with van der Waals surface area (Å²) in [5, 5.41) is 16.6. The van der Waals surface area contributed by atoms with Gasteiger partial charge in [0.05, 0.1) is 0 Å². The predicted molar refractivity (Wildman–Crippen MR) is 249 cm³/mol. The Kier molecular flexibility index (Phi) is 7.99. The Morgan fingerprint density at radius 3 is 1.63 bits per heavy atom. The molecule has 62 heavy (non-hydrogen) atoms. The standard InChI is InChI=1S/C58H40O4/c1-56(59)51-23-13-12-22-49(51)53-47-20-10-11-21-48(47)55-50(54(53)56)35-37-58(62-55,40-17-6-3-7-18-40)42-27-31-44(32-28-42)60-43-29-25-41(26-30-43)57(39-15-4-2-5-16-39)36-34-46-45-19-9-8-14-38(45)24-33-52(46)61-57/h2-37,59H,1H3. The van der Waals surface area contributed by atoms with E-state index < -0.39 is 16.8 Å². The number of ether oxygens (including phenoxy) is 3. The van der Waals surface area contributed by atoms with Crippen LogP contribution in [0.25, 0.3) is 44.8 Å². The van der Waals surface area contributed by atoms with E-state index in [0.717, 1.165) is 77.9 Å². The first-order chi connectivity index (χ1) is 30.4. The molecular formula is C58H40O4. The summed E-state index contributed by atoms with van der Waals surface area (Å²) in [6, 6.07) is 66.2. The Hall–Kier alpha value is -7.66. The van der Waals surface area contributed by atoms with Gasteiger partial charge in [-0.15, -0.1) is 0 Å².